The van der Waals surface area contributed by atoms with E-state index in [1.165, 1.54) is 0 Å². The molecule has 0 aromatic heterocycles. The van der Waals surface area contributed by atoms with Crippen LogP contribution in [0.5, 0.6) is 0 Å². The zero-order chi connectivity index (χ0) is 14.0. The summed E-state index contributed by atoms with van der Waals surface area (Å²) in [5, 5.41) is 9.30. The van der Waals surface area contributed by atoms with Crippen LogP contribution in [0.15, 0.2) is 0 Å². The van der Waals surface area contributed by atoms with Gasteiger partial charge in [0.05, 0.1) is 17.4 Å². The van der Waals surface area contributed by atoms with Gasteiger partial charge in [0, 0.05) is 19.7 Å². The molecule has 2 fully saturated rings. The van der Waals surface area contributed by atoms with Gasteiger partial charge in [-0.2, -0.15) is 0 Å². The lowest BCUT2D eigenvalue weighted by Gasteiger charge is -2.39. The zero-order valence-corrected chi connectivity index (χ0v) is 11.7. The molecule has 2 aliphatic rings. The molecule has 2 rings (SSSR count). The van der Waals surface area contributed by atoms with Gasteiger partial charge in [-0.3, -0.25) is 9.59 Å². The Morgan fingerprint density at radius 1 is 1.47 bits per heavy atom. The van der Waals surface area contributed by atoms with Crippen LogP contribution in [0.25, 0.3) is 0 Å². The van der Waals surface area contributed by atoms with E-state index in [4.69, 9.17) is 4.74 Å². The molecule has 0 saturated carbocycles. The number of rotatable bonds is 3. The third-order valence-corrected chi connectivity index (χ3v) is 4.45. The highest BCUT2D eigenvalue weighted by atomic mass is 16.5. The first-order valence-electron chi connectivity index (χ1n) is 7.12. The molecule has 0 aromatic carbocycles. The molecule has 0 spiro atoms. The topological polar surface area (TPSA) is 66.8 Å². The fourth-order valence-electron chi connectivity index (χ4n) is 3.17. The summed E-state index contributed by atoms with van der Waals surface area (Å²) >= 11 is 0. The molecule has 0 aromatic rings. The van der Waals surface area contributed by atoms with E-state index in [-0.39, 0.29) is 17.9 Å². The Balaban J connectivity index is 2.05. The summed E-state index contributed by atoms with van der Waals surface area (Å²) in [6.07, 6.45) is 3.01. The molecular weight excluding hydrogens is 246 g/mol. The number of nitrogens with zero attached hydrogens (tertiary/aromatic N) is 1. The minimum absolute atomic E-state index is 0.00510. The first-order chi connectivity index (χ1) is 8.98. The summed E-state index contributed by atoms with van der Waals surface area (Å²) in [4.78, 5) is 25.6. The number of ether oxygens (including phenoxy) is 1. The molecule has 2 heterocycles. The second-order valence-corrected chi connectivity index (χ2v) is 5.94. The van der Waals surface area contributed by atoms with Crippen LogP contribution >= 0.6 is 0 Å². The van der Waals surface area contributed by atoms with Crippen molar-refractivity contribution in [1.82, 2.24) is 4.90 Å². The Morgan fingerprint density at radius 2 is 2.21 bits per heavy atom. The van der Waals surface area contributed by atoms with Crippen LogP contribution in [0, 0.1) is 11.3 Å². The van der Waals surface area contributed by atoms with Crippen molar-refractivity contribution in [2.24, 2.45) is 11.3 Å². The van der Waals surface area contributed by atoms with E-state index in [1.807, 2.05) is 6.92 Å². The highest BCUT2D eigenvalue weighted by molar-refractivity contribution is 5.81. The van der Waals surface area contributed by atoms with Crippen molar-refractivity contribution >= 4 is 11.9 Å². The second kappa shape index (κ2) is 5.49. The summed E-state index contributed by atoms with van der Waals surface area (Å²) in [6, 6.07) is 0. The molecule has 5 heteroatoms. The summed E-state index contributed by atoms with van der Waals surface area (Å²) in [5.74, 6) is -0.808. The van der Waals surface area contributed by atoms with Crippen LogP contribution in [0.1, 0.15) is 39.5 Å². The van der Waals surface area contributed by atoms with E-state index >= 15 is 0 Å². The van der Waals surface area contributed by atoms with Gasteiger partial charge < -0.3 is 14.7 Å². The Labute approximate surface area is 113 Å². The van der Waals surface area contributed by atoms with Crippen molar-refractivity contribution in [3.05, 3.63) is 0 Å². The number of likely N-dealkylation sites (tertiary alicyclic amines) is 1. The molecule has 2 aliphatic heterocycles. The van der Waals surface area contributed by atoms with Gasteiger partial charge in [0.1, 0.15) is 0 Å². The highest BCUT2D eigenvalue weighted by Crippen LogP contribution is 2.32. The minimum Gasteiger partial charge on any atom is -0.481 e. The third-order valence-electron chi connectivity index (χ3n) is 4.45. The van der Waals surface area contributed by atoms with Crippen molar-refractivity contribution in [3.8, 4) is 0 Å². The van der Waals surface area contributed by atoms with E-state index in [9.17, 15) is 14.7 Å². The molecule has 108 valence electrons. The normalized spacial score (nSPS) is 35.4. The summed E-state index contributed by atoms with van der Waals surface area (Å²) in [6.45, 7) is 5.40. The fraction of sp³-hybridized carbons (Fsp3) is 0.857. The van der Waals surface area contributed by atoms with Gasteiger partial charge in [0.25, 0.3) is 0 Å². The van der Waals surface area contributed by atoms with Gasteiger partial charge in [-0.1, -0.05) is 6.92 Å². The lowest BCUT2D eigenvalue weighted by atomic mass is 9.81. The first kappa shape index (κ1) is 14.3. The highest BCUT2D eigenvalue weighted by Gasteiger charge is 2.42. The molecule has 3 unspecified atom stereocenters. The number of hydrogen-bond donors (Lipinski definition) is 1. The Morgan fingerprint density at radius 3 is 2.84 bits per heavy atom. The van der Waals surface area contributed by atoms with Gasteiger partial charge in [-0.25, -0.2) is 0 Å². The van der Waals surface area contributed by atoms with Crippen molar-refractivity contribution in [1.29, 1.82) is 0 Å². The van der Waals surface area contributed by atoms with E-state index in [1.54, 1.807) is 11.8 Å². The lowest BCUT2D eigenvalue weighted by Crippen LogP contribution is -2.50. The average Bonchev–Trinajstić information content (AvgIpc) is 2.86. The van der Waals surface area contributed by atoms with Crippen LogP contribution < -0.4 is 0 Å². The van der Waals surface area contributed by atoms with Gasteiger partial charge in [0.2, 0.25) is 5.91 Å². The molecule has 0 radical (unpaired) electrons. The average molecular weight is 269 g/mol. The van der Waals surface area contributed by atoms with E-state index < -0.39 is 11.4 Å². The molecule has 5 nitrogen and oxygen atoms in total. The molecular formula is C14H23NO4. The van der Waals surface area contributed by atoms with Crippen molar-refractivity contribution < 1.29 is 19.4 Å². The lowest BCUT2D eigenvalue weighted by molar-refractivity contribution is -0.154. The first-order valence-corrected chi connectivity index (χ1v) is 7.12. The quantitative estimate of drug-likeness (QED) is 0.843. The van der Waals surface area contributed by atoms with Crippen LogP contribution in [0.2, 0.25) is 0 Å². The van der Waals surface area contributed by atoms with Gasteiger partial charge >= 0.3 is 5.97 Å². The van der Waals surface area contributed by atoms with Crippen LogP contribution in [-0.2, 0) is 14.3 Å². The van der Waals surface area contributed by atoms with E-state index in [2.05, 4.69) is 0 Å². The van der Waals surface area contributed by atoms with Crippen LogP contribution in [-0.4, -0.2) is 47.7 Å². The maximum Gasteiger partial charge on any atom is 0.311 e. The number of amides is 1. The molecule has 19 heavy (non-hydrogen) atoms. The van der Waals surface area contributed by atoms with Gasteiger partial charge in [-0.15, -0.1) is 0 Å². The largest absolute Gasteiger partial charge is 0.481 e. The maximum absolute atomic E-state index is 12.5. The molecule has 2 saturated heterocycles. The molecule has 1 N–H and O–H groups in total. The number of carbonyl (C=O) groups is 2. The number of aliphatic carboxylic acids is 1. The third kappa shape index (κ3) is 2.76. The summed E-state index contributed by atoms with van der Waals surface area (Å²) < 4.78 is 5.56. The number of carbonyl (C=O) groups excluding carboxylic acids is 1. The molecule has 0 aliphatic carbocycles. The van der Waals surface area contributed by atoms with Crippen molar-refractivity contribution in [2.75, 3.05) is 19.7 Å². The smallest absolute Gasteiger partial charge is 0.311 e. The number of hydrogen-bond acceptors (Lipinski definition) is 3. The SMILES string of the molecule is CCC1OCCC1C(=O)N1CCCC(C)(C(=O)O)C1. The van der Waals surface area contributed by atoms with Crippen molar-refractivity contribution in [2.45, 2.75) is 45.6 Å². The fourth-order valence-corrected chi connectivity index (χ4v) is 3.17. The monoisotopic (exact) mass is 269 g/mol. The number of carboxylic acid groups (broad SMARTS) is 1. The second-order valence-electron chi connectivity index (χ2n) is 5.94. The Hall–Kier alpha value is -1.10. The van der Waals surface area contributed by atoms with Gasteiger partial charge in [-0.05, 0) is 32.6 Å². The van der Waals surface area contributed by atoms with Gasteiger partial charge in [0.15, 0.2) is 0 Å². The summed E-state index contributed by atoms with van der Waals surface area (Å²) in [5.41, 5.74) is -0.797. The van der Waals surface area contributed by atoms with Crippen LogP contribution in [0.3, 0.4) is 0 Å². The molecule has 3 atom stereocenters. The maximum atomic E-state index is 12.5. The summed E-state index contributed by atoms with van der Waals surface area (Å²) in [7, 11) is 0. The van der Waals surface area contributed by atoms with E-state index in [0.29, 0.717) is 26.1 Å². The Kier molecular flexibility index (Phi) is 4.13. The zero-order valence-electron chi connectivity index (χ0n) is 11.7. The Bertz CT molecular complexity index is 370. The molecule has 0 bridgehead atoms. The van der Waals surface area contributed by atoms with Crippen LogP contribution in [0.4, 0.5) is 0 Å². The predicted molar refractivity (Wildman–Crippen MR) is 69.7 cm³/mol. The molecule has 1 amide bonds. The number of piperidine rings is 1. The predicted octanol–water partition coefficient (Wildman–Crippen LogP) is 1.51. The standard InChI is InChI=1S/C14H23NO4/c1-3-11-10(5-8-19-11)12(16)15-7-4-6-14(2,9-15)13(17)18/h10-11H,3-9H2,1-2H3,(H,17,18). The van der Waals surface area contributed by atoms with Crippen molar-refractivity contribution in [3.63, 3.8) is 0 Å². The van der Waals surface area contributed by atoms with E-state index in [0.717, 1.165) is 19.3 Å². The number of carboxylic acids is 1. The minimum atomic E-state index is -0.806.